The second-order valence-electron chi connectivity index (χ2n) is 6.41. The van der Waals surface area contributed by atoms with Gasteiger partial charge in [-0.15, -0.1) is 0 Å². The summed E-state index contributed by atoms with van der Waals surface area (Å²) in [6, 6.07) is 3.97. The van der Waals surface area contributed by atoms with E-state index >= 15 is 0 Å². The van der Waals surface area contributed by atoms with Crippen molar-refractivity contribution in [2.75, 3.05) is 54.6 Å². The van der Waals surface area contributed by atoms with Crippen LogP contribution in [0, 0.1) is 0 Å². The lowest BCUT2D eigenvalue weighted by Gasteiger charge is -2.32. The van der Waals surface area contributed by atoms with Crippen molar-refractivity contribution in [3.05, 3.63) is 17.7 Å². The Labute approximate surface area is 149 Å². The maximum absolute atomic E-state index is 11.8. The van der Waals surface area contributed by atoms with Crippen molar-refractivity contribution in [1.29, 1.82) is 0 Å². The minimum Gasteiger partial charge on any atom is -0.493 e. The van der Waals surface area contributed by atoms with Crippen molar-refractivity contribution < 1.29 is 28.8 Å². The maximum atomic E-state index is 11.8. The third kappa shape index (κ3) is 4.35. The molecule has 0 spiro atoms. The summed E-state index contributed by atoms with van der Waals surface area (Å²) in [5.41, 5.74) is 1.11. The van der Waals surface area contributed by atoms with Gasteiger partial charge in [-0.25, -0.2) is 0 Å². The van der Waals surface area contributed by atoms with Crippen LogP contribution in [0.5, 0.6) is 17.2 Å². The highest BCUT2D eigenvalue weighted by Gasteiger charge is 2.31. The van der Waals surface area contributed by atoms with Crippen molar-refractivity contribution in [2.24, 2.45) is 0 Å². The van der Waals surface area contributed by atoms with Crippen LogP contribution in [0.4, 0.5) is 0 Å². The molecular weight excluding hydrogens is 322 g/mol. The van der Waals surface area contributed by atoms with E-state index in [4.69, 9.17) is 14.2 Å². The van der Waals surface area contributed by atoms with E-state index in [1.807, 2.05) is 19.1 Å². The van der Waals surface area contributed by atoms with Gasteiger partial charge in [0.2, 0.25) is 5.75 Å². The Hall–Kier alpha value is -1.99. The van der Waals surface area contributed by atoms with E-state index in [1.54, 1.807) is 28.4 Å². The van der Waals surface area contributed by atoms with Crippen molar-refractivity contribution >= 4 is 5.91 Å². The molecule has 140 valence electrons. The molecule has 1 aliphatic heterocycles. The van der Waals surface area contributed by atoms with Crippen LogP contribution in [0.1, 0.15) is 12.5 Å². The normalized spacial score (nSPS) is 21.3. The van der Waals surface area contributed by atoms with Crippen LogP contribution in [0.3, 0.4) is 0 Å². The zero-order valence-corrected chi connectivity index (χ0v) is 15.9. The number of rotatable bonds is 7. The molecule has 1 aliphatic rings. The molecule has 1 saturated heterocycles. The summed E-state index contributed by atoms with van der Waals surface area (Å²) in [5, 5.41) is 2.74. The Morgan fingerprint density at radius 3 is 2.24 bits per heavy atom. The number of benzene rings is 1. The quantitative estimate of drug-likeness (QED) is 0.538. The van der Waals surface area contributed by atoms with Crippen LogP contribution in [-0.2, 0) is 11.3 Å². The van der Waals surface area contributed by atoms with Crippen molar-refractivity contribution in [1.82, 2.24) is 5.32 Å². The van der Waals surface area contributed by atoms with Crippen LogP contribution < -0.4 is 29.3 Å². The fourth-order valence-electron chi connectivity index (χ4n) is 3.51. The van der Waals surface area contributed by atoms with Gasteiger partial charge in [0.15, 0.2) is 17.5 Å². The van der Waals surface area contributed by atoms with Crippen LogP contribution in [0.2, 0.25) is 0 Å². The first-order chi connectivity index (χ1) is 12.0. The molecular formula is C18H31N3O4+2. The number of amides is 1. The number of ether oxygens (including phenoxy) is 3. The van der Waals surface area contributed by atoms with Gasteiger partial charge in [-0.2, -0.15) is 0 Å². The zero-order valence-electron chi connectivity index (χ0n) is 15.9. The van der Waals surface area contributed by atoms with E-state index in [0.29, 0.717) is 11.5 Å². The number of nitrogens with one attached hydrogen (secondary N) is 3. The Morgan fingerprint density at radius 1 is 1.08 bits per heavy atom. The molecule has 3 N–H and O–H groups in total. The van der Waals surface area contributed by atoms with E-state index in [0.717, 1.165) is 44.0 Å². The molecule has 1 fully saturated rings. The van der Waals surface area contributed by atoms with Gasteiger partial charge < -0.3 is 29.3 Å². The summed E-state index contributed by atoms with van der Waals surface area (Å²) in [4.78, 5) is 14.7. The molecule has 7 heteroatoms. The van der Waals surface area contributed by atoms with Crippen molar-refractivity contribution in [3.63, 3.8) is 0 Å². The molecule has 1 aromatic rings. The monoisotopic (exact) mass is 353 g/mol. The molecule has 25 heavy (non-hydrogen) atoms. The fraction of sp³-hybridized carbons (Fsp3) is 0.611. The van der Waals surface area contributed by atoms with Gasteiger partial charge in [0.25, 0.3) is 5.91 Å². The first kappa shape index (κ1) is 19.3. The zero-order chi connectivity index (χ0) is 18.4. The minimum atomic E-state index is 0.00201. The molecule has 0 radical (unpaired) electrons. The molecule has 0 bridgehead atoms. The van der Waals surface area contributed by atoms with Gasteiger partial charge in [-0.1, -0.05) is 0 Å². The van der Waals surface area contributed by atoms with E-state index in [-0.39, 0.29) is 11.9 Å². The highest BCUT2D eigenvalue weighted by molar-refractivity contribution is 5.79. The lowest BCUT2D eigenvalue weighted by Crippen LogP contribution is -3.29. The standard InChI is InChI=1S/C18H29N3O4/c1-13(18(22)19-2)21-10-8-20(9-11-21)12-14-6-7-15(23-3)17(25-5)16(14)24-4/h6-7,13H,8-12H2,1-5H3,(H,19,22)/p+2/t13-/m1/s1. The van der Waals surface area contributed by atoms with Gasteiger partial charge in [-0.3, -0.25) is 4.79 Å². The minimum absolute atomic E-state index is 0.00201. The van der Waals surface area contributed by atoms with Gasteiger partial charge >= 0.3 is 0 Å². The number of carbonyl (C=O) groups is 1. The summed E-state index contributed by atoms with van der Waals surface area (Å²) < 4.78 is 16.4. The average molecular weight is 353 g/mol. The number of hydrogen-bond acceptors (Lipinski definition) is 4. The SMILES string of the molecule is CNC(=O)[C@@H](C)[NH+]1CC[NH+](Cc2ccc(OC)c(OC)c2OC)CC1. The van der Waals surface area contributed by atoms with Crippen LogP contribution >= 0.6 is 0 Å². The van der Waals surface area contributed by atoms with Crippen molar-refractivity contribution in [2.45, 2.75) is 19.5 Å². The molecule has 7 nitrogen and oxygen atoms in total. The number of methoxy groups -OCH3 is 3. The molecule has 1 heterocycles. The van der Waals surface area contributed by atoms with Crippen LogP contribution in [0.15, 0.2) is 12.1 Å². The highest BCUT2D eigenvalue weighted by atomic mass is 16.5. The molecule has 1 aromatic carbocycles. The van der Waals surface area contributed by atoms with Gasteiger partial charge in [-0.05, 0) is 19.1 Å². The third-order valence-electron chi connectivity index (χ3n) is 5.08. The Kier molecular flexibility index (Phi) is 6.90. The van der Waals surface area contributed by atoms with Gasteiger partial charge in [0.05, 0.1) is 26.9 Å². The molecule has 0 aromatic heterocycles. The lowest BCUT2D eigenvalue weighted by atomic mass is 10.1. The largest absolute Gasteiger partial charge is 0.493 e. The number of hydrogen-bond donors (Lipinski definition) is 3. The topological polar surface area (TPSA) is 65.7 Å². The predicted octanol–water partition coefficient (Wildman–Crippen LogP) is -1.87. The van der Waals surface area contributed by atoms with Crippen LogP contribution in [-0.4, -0.2) is 66.5 Å². The van der Waals surface area contributed by atoms with Gasteiger partial charge in [0.1, 0.15) is 32.7 Å². The van der Waals surface area contributed by atoms with Crippen LogP contribution in [0.25, 0.3) is 0 Å². The molecule has 0 unspecified atom stereocenters. The lowest BCUT2D eigenvalue weighted by molar-refractivity contribution is -1.02. The summed E-state index contributed by atoms with van der Waals surface area (Å²) in [6.45, 7) is 6.88. The third-order valence-corrected chi connectivity index (χ3v) is 5.08. The number of likely N-dealkylation sites (N-methyl/N-ethyl adjacent to an activating group) is 1. The maximum Gasteiger partial charge on any atom is 0.277 e. The van der Waals surface area contributed by atoms with E-state index < -0.39 is 0 Å². The molecule has 0 aliphatic carbocycles. The predicted molar refractivity (Wildman–Crippen MR) is 94.7 cm³/mol. The average Bonchev–Trinajstić information content (AvgIpc) is 2.66. The second-order valence-corrected chi connectivity index (χ2v) is 6.41. The summed E-state index contributed by atoms with van der Waals surface area (Å²) in [7, 11) is 6.60. The molecule has 1 amide bonds. The molecule has 2 rings (SSSR count). The Morgan fingerprint density at radius 2 is 1.72 bits per heavy atom. The Balaban J connectivity index is 2.03. The highest BCUT2D eigenvalue weighted by Crippen LogP contribution is 2.39. The summed E-state index contributed by atoms with van der Waals surface area (Å²) in [5.74, 6) is 2.16. The summed E-state index contributed by atoms with van der Waals surface area (Å²) in [6.07, 6.45) is 0. The fourth-order valence-corrected chi connectivity index (χ4v) is 3.51. The molecule has 0 saturated carbocycles. The molecule has 1 atom stereocenters. The summed E-state index contributed by atoms with van der Waals surface area (Å²) >= 11 is 0. The number of piperazine rings is 1. The number of quaternary nitrogens is 2. The smallest absolute Gasteiger partial charge is 0.277 e. The second kappa shape index (κ2) is 8.92. The van der Waals surface area contributed by atoms with E-state index in [1.165, 1.54) is 9.80 Å². The first-order valence-electron chi connectivity index (χ1n) is 8.73. The first-order valence-corrected chi connectivity index (χ1v) is 8.73. The van der Waals surface area contributed by atoms with Crippen molar-refractivity contribution in [3.8, 4) is 17.2 Å². The Bertz CT molecular complexity index is 586. The van der Waals surface area contributed by atoms with E-state index in [9.17, 15) is 4.79 Å². The number of carbonyl (C=O) groups excluding carboxylic acids is 1. The van der Waals surface area contributed by atoms with Gasteiger partial charge in [0, 0.05) is 7.05 Å². The van der Waals surface area contributed by atoms with E-state index in [2.05, 4.69) is 5.32 Å².